The summed E-state index contributed by atoms with van der Waals surface area (Å²) in [5.41, 5.74) is 2.32. The molecule has 2 aromatic rings. The van der Waals surface area contributed by atoms with Crippen LogP contribution >= 0.6 is 11.6 Å². The lowest BCUT2D eigenvalue weighted by atomic mass is 10.1. The summed E-state index contributed by atoms with van der Waals surface area (Å²) in [6, 6.07) is 16.2. The number of rotatable bonds is 8. The van der Waals surface area contributed by atoms with Crippen LogP contribution in [-0.2, 0) is 11.3 Å². The van der Waals surface area contributed by atoms with Crippen molar-refractivity contribution >= 4 is 17.5 Å². The molecule has 0 bridgehead atoms. The van der Waals surface area contributed by atoms with Gasteiger partial charge in [-0.3, -0.25) is 4.79 Å². The van der Waals surface area contributed by atoms with E-state index in [0.717, 1.165) is 35.5 Å². The van der Waals surface area contributed by atoms with Crippen molar-refractivity contribution in [2.24, 2.45) is 0 Å². The number of halogens is 1. The monoisotopic (exact) mass is 358 g/mol. The van der Waals surface area contributed by atoms with Gasteiger partial charge < -0.3 is 15.4 Å². The van der Waals surface area contributed by atoms with Crippen LogP contribution in [0.25, 0.3) is 0 Å². The van der Waals surface area contributed by atoms with Crippen LogP contribution in [0, 0.1) is 0 Å². The van der Waals surface area contributed by atoms with Crippen LogP contribution in [0.15, 0.2) is 48.5 Å². The highest BCUT2D eigenvalue weighted by Gasteiger charge is 2.23. The molecule has 1 aliphatic rings. The van der Waals surface area contributed by atoms with E-state index >= 15 is 0 Å². The molecule has 2 aromatic carbocycles. The topological polar surface area (TPSA) is 50.4 Å². The number of nitrogens with one attached hydrogen (secondary N) is 2. The van der Waals surface area contributed by atoms with Crippen molar-refractivity contribution in [1.29, 1.82) is 0 Å². The number of ether oxygens (including phenoxy) is 1. The van der Waals surface area contributed by atoms with Gasteiger partial charge in [0.05, 0.1) is 0 Å². The minimum absolute atomic E-state index is 0.0527. The molecule has 1 atom stereocenters. The molecular formula is C20H23ClN2O2. The molecule has 5 heteroatoms. The van der Waals surface area contributed by atoms with Crippen molar-refractivity contribution in [3.63, 3.8) is 0 Å². The zero-order chi connectivity index (χ0) is 17.6. The predicted octanol–water partition coefficient (Wildman–Crippen LogP) is 3.85. The molecule has 132 valence electrons. The van der Waals surface area contributed by atoms with E-state index in [1.165, 1.54) is 0 Å². The molecule has 1 fully saturated rings. The number of hydrogen-bond donors (Lipinski definition) is 2. The number of hydrogen-bond acceptors (Lipinski definition) is 3. The van der Waals surface area contributed by atoms with E-state index < -0.39 is 0 Å². The molecule has 0 heterocycles. The Bertz CT molecular complexity index is 714. The molecule has 4 nitrogen and oxygen atoms in total. The maximum atomic E-state index is 11.6. The summed E-state index contributed by atoms with van der Waals surface area (Å²) >= 11 is 6.01. The molecule has 1 saturated carbocycles. The Morgan fingerprint density at radius 3 is 2.68 bits per heavy atom. The summed E-state index contributed by atoms with van der Waals surface area (Å²) in [6.07, 6.45) is 2.17. The van der Waals surface area contributed by atoms with E-state index in [4.69, 9.17) is 16.3 Å². The SMILES string of the molecule is C[C@H](NCc1cccc(Cl)c1)c1ccc(OCC(=O)NC2CC2)cc1. The molecule has 0 spiro atoms. The number of amides is 1. The van der Waals surface area contributed by atoms with E-state index in [2.05, 4.69) is 23.6 Å². The third-order valence-electron chi connectivity index (χ3n) is 4.19. The van der Waals surface area contributed by atoms with Crippen LogP contribution in [0.5, 0.6) is 5.75 Å². The number of benzene rings is 2. The first kappa shape index (κ1) is 17.8. The standard InChI is InChI=1S/C20H23ClN2O2/c1-14(22-12-15-3-2-4-17(21)11-15)16-5-9-19(10-6-16)25-13-20(24)23-18-7-8-18/h2-6,9-11,14,18,22H,7-8,12-13H2,1H3,(H,23,24)/t14-/m0/s1. The third kappa shape index (κ3) is 5.76. The molecule has 0 radical (unpaired) electrons. The first-order valence-corrected chi connectivity index (χ1v) is 8.98. The van der Waals surface area contributed by atoms with Gasteiger partial charge in [-0.05, 0) is 55.2 Å². The smallest absolute Gasteiger partial charge is 0.258 e. The Kier molecular flexibility index (Phi) is 5.95. The summed E-state index contributed by atoms with van der Waals surface area (Å²) in [7, 11) is 0. The fourth-order valence-electron chi connectivity index (χ4n) is 2.53. The van der Waals surface area contributed by atoms with Crippen molar-refractivity contribution in [2.45, 2.75) is 38.4 Å². The van der Waals surface area contributed by atoms with Gasteiger partial charge in [0.1, 0.15) is 5.75 Å². The first-order valence-electron chi connectivity index (χ1n) is 8.60. The fraction of sp³-hybridized carbons (Fsp3) is 0.350. The van der Waals surface area contributed by atoms with Crippen molar-refractivity contribution in [3.8, 4) is 5.75 Å². The quantitative estimate of drug-likeness (QED) is 0.753. The maximum absolute atomic E-state index is 11.6. The van der Waals surface area contributed by atoms with Crippen LogP contribution in [-0.4, -0.2) is 18.6 Å². The number of carbonyl (C=O) groups is 1. The molecule has 0 unspecified atom stereocenters. The predicted molar refractivity (Wildman–Crippen MR) is 99.8 cm³/mol. The Morgan fingerprint density at radius 1 is 1.24 bits per heavy atom. The lowest BCUT2D eigenvalue weighted by Crippen LogP contribution is -2.30. The molecule has 2 N–H and O–H groups in total. The second-order valence-electron chi connectivity index (χ2n) is 6.43. The Hall–Kier alpha value is -2.04. The maximum Gasteiger partial charge on any atom is 0.258 e. The lowest BCUT2D eigenvalue weighted by Gasteiger charge is -2.15. The first-order chi connectivity index (χ1) is 12.1. The van der Waals surface area contributed by atoms with Crippen molar-refractivity contribution in [3.05, 3.63) is 64.7 Å². The zero-order valence-corrected chi connectivity index (χ0v) is 15.1. The summed E-state index contributed by atoms with van der Waals surface area (Å²) in [5.74, 6) is 0.653. The molecule has 0 aliphatic heterocycles. The second kappa shape index (κ2) is 8.37. The second-order valence-corrected chi connectivity index (χ2v) is 6.87. The van der Waals surface area contributed by atoms with Crippen LogP contribution < -0.4 is 15.4 Å². The molecule has 1 aliphatic carbocycles. The van der Waals surface area contributed by atoms with Gasteiger partial charge in [-0.1, -0.05) is 35.9 Å². The zero-order valence-electron chi connectivity index (χ0n) is 14.3. The Labute approximate surface area is 153 Å². The van der Waals surface area contributed by atoms with Gasteiger partial charge in [-0.2, -0.15) is 0 Å². The third-order valence-corrected chi connectivity index (χ3v) is 4.43. The van der Waals surface area contributed by atoms with E-state index in [-0.39, 0.29) is 18.6 Å². The summed E-state index contributed by atoms with van der Waals surface area (Å²) in [4.78, 5) is 11.6. The van der Waals surface area contributed by atoms with Crippen molar-refractivity contribution < 1.29 is 9.53 Å². The minimum Gasteiger partial charge on any atom is -0.484 e. The number of carbonyl (C=O) groups excluding carboxylic acids is 1. The van der Waals surface area contributed by atoms with Crippen LogP contribution in [0.1, 0.15) is 36.9 Å². The van der Waals surface area contributed by atoms with E-state index in [1.807, 2.05) is 42.5 Å². The van der Waals surface area contributed by atoms with Gasteiger partial charge in [0.25, 0.3) is 5.91 Å². The van der Waals surface area contributed by atoms with Crippen molar-refractivity contribution in [2.75, 3.05) is 6.61 Å². The minimum atomic E-state index is -0.0527. The van der Waals surface area contributed by atoms with E-state index in [1.54, 1.807) is 0 Å². The molecule has 1 amide bonds. The average molecular weight is 359 g/mol. The van der Waals surface area contributed by atoms with Crippen molar-refractivity contribution in [1.82, 2.24) is 10.6 Å². The lowest BCUT2D eigenvalue weighted by molar-refractivity contribution is -0.123. The van der Waals surface area contributed by atoms with Gasteiger partial charge in [-0.25, -0.2) is 0 Å². The molecule has 25 heavy (non-hydrogen) atoms. The van der Waals surface area contributed by atoms with Gasteiger partial charge in [-0.15, -0.1) is 0 Å². The Morgan fingerprint density at radius 2 is 2.00 bits per heavy atom. The van der Waals surface area contributed by atoms with Gasteiger partial charge in [0, 0.05) is 23.7 Å². The van der Waals surface area contributed by atoms with Crippen LogP contribution in [0.4, 0.5) is 0 Å². The highest BCUT2D eigenvalue weighted by molar-refractivity contribution is 6.30. The molecular weight excluding hydrogens is 336 g/mol. The van der Waals surface area contributed by atoms with E-state index in [9.17, 15) is 4.79 Å². The fourth-order valence-corrected chi connectivity index (χ4v) is 2.75. The molecule has 0 aromatic heterocycles. The van der Waals surface area contributed by atoms with Gasteiger partial charge in [0.15, 0.2) is 6.61 Å². The van der Waals surface area contributed by atoms with Crippen LogP contribution in [0.3, 0.4) is 0 Å². The molecule has 0 saturated heterocycles. The van der Waals surface area contributed by atoms with Crippen LogP contribution in [0.2, 0.25) is 5.02 Å². The average Bonchev–Trinajstić information content (AvgIpc) is 3.42. The summed E-state index contributed by atoms with van der Waals surface area (Å²) in [5, 5.41) is 7.13. The summed E-state index contributed by atoms with van der Waals surface area (Å²) in [6.45, 7) is 2.93. The van der Waals surface area contributed by atoms with Gasteiger partial charge >= 0.3 is 0 Å². The summed E-state index contributed by atoms with van der Waals surface area (Å²) < 4.78 is 5.53. The largest absolute Gasteiger partial charge is 0.484 e. The van der Waals surface area contributed by atoms with E-state index in [0.29, 0.717) is 11.8 Å². The molecule has 3 rings (SSSR count). The highest BCUT2D eigenvalue weighted by Crippen LogP contribution is 2.20. The van der Waals surface area contributed by atoms with Gasteiger partial charge in [0.2, 0.25) is 0 Å². The Balaban J connectivity index is 1.46. The normalized spacial score (nSPS) is 14.8. The highest BCUT2D eigenvalue weighted by atomic mass is 35.5.